The predicted octanol–water partition coefficient (Wildman–Crippen LogP) is 2.04. The van der Waals surface area contributed by atoms with Crippen molar-refractivity contribution < 1.29 is 0 Å². The van der Waals surface area contributed by atoms with Gasteiger partial charge in [0.25, 0.3) is 5.56 Å². The fourth-order valence-corrected chi connectivity index (χ4v) is 2.48. The van der Waals surface area contributed by atoms with Crippen LogP contribution in [0.4, 0.5) is 5.82 Å². The van der Waals surface area contributed by atoms with Crippen LogP contribution in [0.5, 0.6) is 0 Å². The molecule has 1 aliphatic rings. The smallest absolute Gasteiger partial charge is 0.252 e. The summed E-state index contributed by atoms with van der Waals surface area (Å²) in [6.07, 6.45) is 2.35. The first-order valence-corrected chi connectivity index (χ1v) is 7.42. The number of hydrogen-bond donors (Lipinski definition) is 2. The van der Waals surface area contributed by atoms with Gasteiger partial charge in [0.2, 0.25) is 0 Å². The Morgan fingerprint density at radius 3 is 2.70 bits per heavy atom. The summed E-state index contributed by atoms with van der Waals surface area (Å²) >= 11 is 0. The number of aromatic amines is 1. The number of anilines is 1. The largest absolute Gasteiger partial charge is 0.369 e. The molecule has 1 aliphatic heterocycles. The van der Waals surface area contributed by atoms with E-state index in [2.05, 4.69) is 34.2 Å². The lowest BCUT2D eigenvalue weighted by Gasteiger charge is -2.38. The van der Waals surface area contributed by atoms with Crippen LogP contribution in [0.25, 0.3) is 0 Å². The number of likely N-dealkylation sites (tertiary alicyclic amines) is 1. The van der Waals surface area contributed by atoms with E-state index in [9.17, 15) is 4.79 Å². The maximum Gasteiger partial charge on any atom is 0.252 e. The van der Waals surface area contributed by atoms with Crippen LogP contribution in [0.3, 0.4) is 0 Å². The molecule has 0 saturated carbocycles. The first kappa shape index (κ1) is 15.0. The van der Waals surface area contributed by atoms with Gasteiger partial charge in [-0.1, -0.05) is 20.8 Å². The standard InChI is InChI=1S/C15H26N4O/c1-11(2)14-17-12(9-13(20)18-14)16-10-15(3)5-7-19(4)8-6-15/h9,11H,5-8,10H2,1-4H3,(H2,16,17,18,20). The van der Waals surface area contributed by atoms with Crippen LogP contribution in [0.2, 0.25) is 0 Å². The molecule has 1 aromatic heterocycles. The summed E-state index contributed by atoms with van der Waals surface area (Å²) in [5.41, 5.74) is 0.203. The molecule has 112 valence electrons. The van der Waals surface area contributed by atoms with Crippen molar-refractivity contribution >= 4 is 5.82 Å². The zero-order chi connectivity index (χ0) is 14.8. The highest BCUT2D eigenvalue weighted by Crippen LogP contribution is 2.30. The van der Waals surface area contributed by atoms with Gasteiger partial charge in [0.1, 0.15) is 11.6 Å². The molecule has 5 nitrogen and oxygen atoms in total. The second-order valence-electron chi connectivity index (χ2n) is 6.64. The molecular weight excluding hydrogens is 252 g/mol. The van der Waals surface area contributed by atoms with E-state index in [1.807, 2.05) is 13.8 Å². The second kappa shape index (κ2) is 5.95. The SMILES string of the molecule is CC(C)c1nc(NCC2(C)CCN(C)CC2)cc(=O)[nH]1. The molecule has 0 radical (unpaired) electrons. The fourth-order valence-electron chi connectivity index (χ4n) is 2.48. The average Bonchev–Trinajstić information content (AvgIpc) is 2.40. The summed E-state index contributed by atoms with van der Waals surface area (Å²) in [4.78, 5) is 21.3. The Kier molecular flexibility index (Phi) is 4.48. The fraction of sp³-hybridized carbons (Fsp3) is 0.733. The number of rotatable bonds is 4. The quantitative estimate of drug-likeness (QED) is 0.885. The van der Waals surface area contributed by atoms with Gasteiger partial charge in [-0.25, -0.2) is 4.98 Å². The van der Waals surface area contributed by atoms with E-state index < -0.39 is 0 Å². The van der Waals surface area contributed by atoms with E-state index in [1.54, 1.807) is 6.07 Å². The zero-order valence-electron chi connectivity index (χ0n) is 13.0. The van der Waals surface area contributed by atoms with Crippen molar-refractivity contribution in [2.45, 2.75) is 39.5 Å². The van der Waals surface area contributed by atoms with Crippen LogP contribution >= 0.6 is 0 Å². The van der Waals surface area contributed by atoms with Crippen LogP contribution < -0.4 is 10.9 Å². The van der Waals surface area contributed by atoms with E-state index in [0.29, 0.717) is 5.82 Å². The molecule has 0 bridgehead atoms. The van der Waals surface area contributed by atoms with Gasteiger partial charge in [0.15, 0.2) is 0 Å². The van der Waals surface area contributed by atoms with E-state index in [4.69, 9.17) is 0 Å². The molecule has 2 N–H and O–H groups in total. The molecule has 0 amide bonds. The third-order valence-corrected chi connectivity index (χ3v) is 4.20. The Morgan fingerprint density at radius 1 is 1.45 bits per heavy atom. The number of hydrogen-bond acceptors (Lipinski definition) is 4. The van der Waals surface area contributed by atoms with E-state index in [0.717, 1.165) is 25.5 Å². The van der Waals surface area contributed by atoms with Crippen molar-refractivity contribution in [2.75, 3.05) is 32.0 Å². The monoisotopic (exact) mass is 278 g/mol. The van der Waals surface area contributed by atoms with Crippen molar-refractivity contribution in [1.82, 2.24) is 14.9 Å². The highest BCUT2D eigenvalue weighted by molar-refractivity contribution is 5.33. The number of nitrogens with one attached hydrogen (secondary N) is 2. The van der Waals surface area contributed by atoms with E-state index in [-0.39, 0.29) is 16.9 Å². The van der Waals surface area contributed by atoms with Crippen molar-refractivity contribution in [3.05, 3.63) is 22.2 Å². The minimum absolute atomic E-state index is 0.0836. The molecule has 0 unspecified atom stereocenters. The van der Waals surface area contributed by atoms with Crippen LogP contribution in [0.15, 0.2) is 10.9 Å². The van der Waals surface area contributed by atoms with Gasteiger partial charge >= 0.3 is 0 Å². The van der Waals surface area contributed by atoms with Gasteiger partial charge in [-0.05, 0) is 38.4 Å². The molecule has 5 heteroatoms. The van der Waals surface area contributed by atoms with Gasteiger partial charge in [-0.15, -0.1) is 0 Å². The molecule has 1 aromatic rings. The molecule has 2 rings (SSSR count). The Labute approximate surface area is 120 Å². The molecule has 1 fully saturated rings. The summed E-state index contributed by atoms with van der Waals surface area (Å²) in [7, 11) is 2.17. The predicted molar refractivity (Wildman–Crippen MR) is 82.3 cm³/mol. The minimum Gasteiger partial charge on any atom is -0.369 e. The highest BCUT2D eigenvalue weighted by Gasteiger charge is 2.28. The zero-order valence-corrected chi connectivity index (χ0v) is 13.0. The molecule has 2 heterocycles. The van der Waals surface area contributed by atoms with Crippen molar-refractivity contribution in [3.8, 4) is 0 Å². The lowest BCUT2D eigenvalue weighted by molar-refractivity contribution is 0.150. The maximum atomic E-state index is 11.6. The summed E-state index contributed by atoms with van der Waals surface area (Å²) in [6.45, 7) is 9.51. The Balaban J connectivity index is 2.02. The Morgan fingerprint density at radius 2 is 2.10 bits per heavy atom. The van der Waals surface area contributed by atoms with Crippen molar-refractivity contribution in [3.63, 3.8) is 0 Å². The van der Waals surface area contributed by atoms with E-state index >= 15 is 0 Å². The van der Waals surface area contributed by atoms with Gasteiger partial charge < -0.3 is 15.2 Å². The number of nitrogens with zero attached hydrogens (tertiary/aromatic N) is 2. The Bertz CT molecular complexity index is 501. The third kappa shape index (κ3) is 3.82. The topological polar surface area (TPSA) is 61.0 Å². The van der Waals surface area contributed by atoms with Gasteiger partial charge in [0, 0.05) is 18.5 Å². The van der Waals surface area contributed by atoms with Crippen LogP contribution in [0.1, 0.15) is 45.4 Å². The average molecular weight is 278 g/mol. The molecule has 1 saturated heterocycles. The molecule has 20 heavy (non-hydrogen) atoms. The summed E-state index contributed by atoms with van der Waals surface area (Å²) in [6, 6.07) is 1.55. The second-order valence-corrected chi connectivity index (χ2v) is 6.64. The first-order valence-electron chi connectivity index (χ1n) is 7.42. The first-order chi connectivity index (χ1) is 9.38. The molecular formula is C15H26N4O. The van der Waals surface area contributed by atoms with Gasteiger partial charge in [0.05, 0.1) is 0 Å². The minimum atomic E-state index is -0.0836. The van der Waals surface area contributed by atoms with Gasteiger partial charge in [-0.3, -0.25) is 4.79 Å². The molecule has 0 aromatic carbocycles. The summed E-state index contributed by atoms with van der Waals surface area (Å²) in [5, 5.41) is 3.36. The third-order valence-electron chi connectivity index (χ3n) is 4.20. The number of H-pyrrole nitrogens is 1. The van der Waals surface area contributed by atoms with E-state index in [1.165, 1.54) is 12.8 Å². The summed E-state index contributed by atoms with van der Waals surface area (Å²) < 4.78 is 0. The molecule has 0 aliphatic carbocycles. The maximum absolute atomic E-state index is 11.6. The number of piperidine rings is 1. The van der Waals surface area contributed by atoms with Crippen molar-refractivity contribution in [1.29, 1.82) is 0 Å². The van der Waals surface area contributed by atoms with Crippen molar-refractivity contribution in [2.24, 2.45) is 5.41 Å². The number of aromatic nitrogens is 2. The summed E-state index contributed by atoms with van der Waals surface area (Å²) in [5.74, 6) is 1.66. The molecule has 0 spiro atoms. The highest BCUT2D eigenvalue weighted by atomic mass is 16.1. The van der Waals surface area contributed by atoms with Gasteiger partial charge in [-0.2, -0.15) is 0 Å². The lowest BCUT2D eigenvalue weighted by Crippen LogP contribution is -2.40. The molecule has 0 atom stereocenters. The van der Waals surface area contributed by atoms with Crippen LogP contribution in [-0.4, -0.2) is 41.5 Å². The normalized spacial score (nSPS) is 19.2. The van der Waals surface area contributed by atoms with Crippen LogP contribution in [-0.2, 0) is 0 Å². The van der Waals surface area contributed by atoms with Crippen LogP contribution in [0, 0.1) is 5.41 Å². The Hall–Kier alpha value is -1.36. The lowest BCUT2D eigenvalue weighted by atomic mass is 9.80.